The van der Waals surface area contributed by atoms with Gasteiger partial charge >= 0.3 is 3.26 Å². The van der Waals surface area contributed by atoms with Gasteiger partial charge in [-0.25, -0.2) is 8.42 Å². The standard InChI is InChI=1S/C15H19F2IN2O3S/c1-2-9-6-12(13(19)7-9)14(21)20-10-4-3-5-11(8-10)24(22,23)15(16,17)18/h3-5,8-9,12-13H,2,6-7,19H2,1H3,(H,20,21)/t9-,12+,13-/m1/s1. The highest BCUT2D eigenvalue weighted by Gasteiger charge is 2.43. The fraction of sp³-hybridized carbons (Fsp3) is 0.533. The third kappa shape index (κ3) is 4.05. The lowest BCUT2D eigenvalue weighted by Gasteiger charge is -2.16. The van der Waals surface area contributed by atoms with E-state index in [2.05, 4.69) is 5.32 Å². The molecular weight excluding hydrogens is 453 g/mol. The Morgan fingerprint density at radius 2 is 2.08 bits per heavy atom. The van der Waals surface area contributed by atoms with Crippen LogP contribution in [0.25, 0.3) is 0 Å². The van der Waals surface area contributed by atoms with E-state index in [1.54, 1.807) is 0 Å². The molecule has 3 N–H and O–H groups in total. The first-order chi connectivity index (χ1) is 11.1. The van der Waals surface area contributed by atoms with Gasteiger partial charge in [0, 0.05) is 34.3 Å². The highest BCUT2D eigenvalue weighted by molar-refractivity contribution is 14.1. The van der Waals surface area contributed by atoms with E-state index in [1.807, 2.05) is 6.92 Å². The molecule has 2 rings (SSSR count). The fourth-order valence-electron chi connectivity index (χ4n) is 2.92. The molecule has 1 saturated carbocycles. The number of carbonyl (C=O) groups excluding carboxylic acids is 1. The average molecular weight is 472 g/mol. The van der Waals surface area contributed by atoms with E-state index in [-0.39, 0.29) is 23.6 Å². The van der Waals surface area contributed by atoms with E-state index in [4.69, 9.17) is 5.73 Å². The van der Waals surface area contributed by atoms with Crippen molar-refractivity contribution in [2.45, 2.75) is 40.4 Å². The number of benzene rings is 1. The van der Waals surface area contributed by atoms with Gasteiger partial charge in [-0.15, -0.1) is 0 Å². The van der Waals surface area contributed by atoms with E-state index in [9.17, 15) is 22.0 Å². The Morgan fingerprint density at radius 1 is 1.42 bits per heavy atom. The summed E-state index contributed by atoms with van der Waals surface area (Å²) in [5, 5.41) is 2.59. The normalized spacial score (nSPS) is 24.8. The second-order valence-electron chi connectivity index (χ2n) is 5.98. The largest absolute Gasteiger partial charge is 0.398 e. The van der Waals surface area contributed by atoms with Gasteiger partial charge in [0.1, 0.15) is 0 Å². The molecule has 1 aliphatic rings. The number of halogens is 3. The third-order valence-corrected chi connectivity index (χ3v) is 7.56. The zero-order valence-electron chi connectivity index (χ0n) is 13.0. The van der Waals surface area contributed by atoms with Crippen LogP contribution in [0.2, 0.25) is 0 Å². The van der Waals surface area contributed by atoms with Crippen LogP contribution in [-0.2, 0) is 14.6 Å². The summed E-state index contributed by atoms with van der Waals surface area (Å²) in [5.41, 5.74) is 6.16. The number of nitrogens with two attached hydrogens (primary N) is 1. The first-order valence-corrected chi connectivity index (χ1v) is 10.1. The zero-order chi connectivity index (χ0) is 18.1. The van der Waals surface area contributed by atoms with Gasteiger partial charge in [-0.05, 0) is 37.0 Å². The highest BCUT2D eigenvalue weighted by Crippen LogP contribution is 2.36. The van der Waals surface area contributed by atoms with Gasteiger partial charge in [-0.3, -0.25) is 4.79 Å². The predicted octanol–water partition coefficient (Wildman–Crippen LogP) is 3.15. The van der Waals surface area contributed by atoms with Crippen molar-refractivity contribution in [3.63, 3.8) is 0 Å². The summed E-state index contributed by atoms with van der Waals surface area (Å²) < 4.78 is 46.2. The van der Waals surface area contributed by atoms with Gasteiger partial charge < -0.3 is 11.1 Å². The summed E-state index contributed by atoms with van der Waals surface area (Å²) in [4.78, 5) is 11.8. The third-order valence-electron chi connectivity index (χ3n) is 4.34. The summed E-state index contributed by atoms with van der Waals surface area (Å²) in [5.74, 6) is -0.282. The molecule has 0 bridgehead atoms. The van der Waals surface area contributed by atoms with Crippen LogP contribution in [-0.4, -0.2) is 23.6 Å². The van der Waals surface area contributed by atoms with Crippen molar-refractivity contribution in [1.82, 2.24) is 0 Å². The first-order valence-electron chi connectivity index (χ1n) is 7.54. The van der Waals surface area contributed by atoms with Crippen LogP contribution in [0, 0.1) is 11.8 Å². The summed E-state index contributed by atoms with van der Waals surface area (Å²) in [6.07, 6.45) is 2.38. The smallest absolute Gasteiger partial charge is 0.327 e. The molecule has 24 heavy (non-hydrogen) atoms. The number of carbonyl (C=O) groups is 1. The van der Waals surface area contributed by atoms with Crippen molar-refractivity contribution in [3.05, 3.63) is 24.3 Å². The summed E-state index contributed by atoms with van der Waals surface area (Å²) in [6.45, 7) is 2.04. The molecule has 0 aliphatic heterocycles. The molecule has 1 aromatic rings. The fourth-order valence-corrected chi connectivity index (χ4v) is 4.49. The van der Waals surface area contributed by atoms with Crippen molar-refractivity contribution in [1.29, 1.82) is 0 Å². The molecule has 0 spiro atoms. The minimum Gasteiger partial charge on any atom is -0.327 e. The minimum atomic E-state index is -4.80. The van der Waals surface area contributed by atoms with Gasteiger partial charge in [0.15, 0.2) is 0 Å². The van der Waals surface area contributed by atoms with Crippen molar-refractivity contribution in [3.8, 4) is 0 Å². The van der Waals surface area contributed by atoms with Gasteiger partial charge in [-0.2, -0.15) is 8.78 Å². The van der Waals surface area contributed by atoms with Crippen LogP contribution < -0.4 is 11.1 Å². The Labute approximate surface area is 153 Å². The van der Waals surface area contributed by atoms with Gasteiger partial charge in [0.2, 0.25) is 5.91 Å². The number of sulfone groups is 1. The van der Waals surface area contributed by atoms with Crippen LogP contribution in [0.15, 0.2) is 29.2 Å². The second kappa shape index (κ2) is 7.20. The minimum absolute atomic E-state index is 0.161. The van der Waals surface area contributed by atoms with Crippen molar-refractivity contribution in [2.75, 3.05) is 5.32 Å². The number of hydrogen-bond acceptors (Lipinski definition) is 4. The topological polar surface area (TPSA) is 89.3 Å². The zero-order valence-corrected chi connectivity index (χ0v) is 16.0. The molecule has 0 unspecified atom stereocenters. The molecule has 1 fully saturated rings. The van der Waals surface area contributed by atoms with E-state index in [0.29, 0.717) is 34.9 Å². The predicted molar refractivity (Wildman–Crippen MR) is 95.7 cm³/mol. The Hall–Kier alpha value is -0.810. The molecule has 3 atom stereocenters. The van der Waals surface area contributed by atoms with Crippen LogP contribution in [0.3, 0.4) is 0 Å². The van der Waals surface area contributed by atoms with Crippen LogP contribution in [0.4, 0.5) is 14.5 Å². The number of nitrogens with one attached hydrogen (secondary N) is 1. The summed E-state index contributed by atoms with van der Waals surface area (Å²) in [6, 6.07) is 4.64. The molecule has 1 aliphatic carbocycles. The van der Waals surface area contributed by atoms with Gasteiger partial charge in [0.05, 0.1) is 10.8 Å². The number of rotatable bonds is 5. The van der Waals surface area contributed by atoms with E-state index >= 15 is 0 Å². The summed E-state index contributed by atoms with van der Waals surface area (Å²) in [7, 11) is -4.80. The number of hydrogen-bond donors (Lipinski definition) is 2. The molecule has 1 aromatic carbocycles. The van der Waals surface area contributed by atoms with Crippen LogP contribution in [0.1, 0.15) is 26.2 Å². The molecule has 0 radical (unpaired) electrons. The lowest BCUT2D eigenvalue weighted by molar-refractivity contribution is -0.120. The molecule has 1 amide bonds. The van der Waals surface area contributed by atoms with E-state index in [0.717, 1.165) is 25.0 Å². The molecule has 134 valence electrons. The van der Waals surface area contributed by atoms with Crippen LogP contribution in [0.5, 0.6) is 0 Å². The molecule has 0 heterocycles. The quantitative estimate of drug-likeness (QED) is 0.509. The van der Waals surface area contributed by atoms with E-state index < -0.39 is 18.0 Å². The average Bonchev–Trinajstić information content (AvgIpc) is 2.87. The number of amides is 1. The SMILES string of the molecule is CC[C@H]1C[C@@H](N)[C@@H](C(=O)Nc2cccc(S(=O)(=O)C(F)(F)I)c2)C1. The molecule has 9 heteroatoms. The maximum atomic E-state index is 13.3. The Balaban J connectivity index is 2.17. The number of alkyl halides is 3. The maximum absolute atomic E-state index is 13.3. The molecule has 5 nitrogen and oxygen atoms in total. The molecule has 0 saturated heterocycles. The van der Waals surface area contributed by atoms with Gasteiger partial charge in [-0.1, -0.05) is 19.4 Å². The van der Waals surface area contributed by atoms with Crippen LogP contribution >= 0.6 is 22.6 Å². The van der Waals surface area contributed by atoms with Crippen molar-refractivity contribution in [2.24, 2.45) is 17.6 Å². The summed E-state index contributed by atoms with van der Waals surface area (Å²) >= 11 is 0.575. The monoisotopic (exact) mass is 472 g/mol. The Morgan fingerprint density at radius 3 is 2.62 bits per heavy atom. The van der Waals surface area contributed by atoms with E-state index in [1.165, 1.54) is 12.1 Å². The Bertz CT molecular complexity index is 722. The second-order valence-corrected chi connectivity index (χ2v) is 10.1. The number of anilines is 1. The molecule has 0 aromatic heterocycles. The van der Waals surface area contributed by atoms with Crippen molar-refractivity contribution >= 4 is 44.0 Å². The lowest BCUT2D eigenvalue weighted by Crippen LogP contribution is -2.34. The van der Waals surface area contributed by atoms with Crippen molar-refractivity contribution < 1.29 is 22.0 Å². The first kappa shape index (κ1) is 19.5. The molecular formula is C15H19F2IN2O3S. The van der Waals surface area contributed by atoms with Gasteiger partial charge in [0.25, 0.3) is 9.84 Å². The highest BCUT2D eigenvalue weighted by atomic mass is 127. The Kier molecular flexibility index (Phi) is 5.86. The maximum Gasteiger partial charge on any atom is 0.398 e. The lowest BCUT2D eigenvalue weighted by atomic mass is 10.0.